The number of amides is 3. The van der Waals surface area contributed by atoms with E-state index in [1.165, 1.54) is 7.11 Å². The van der Waals surface area contributed by atoms with Gasteiger partial charge in [0, 0.05) is 25.9 Å². The van der Waals surface area contributed by atoms with Crippen LogP contribution in [0, 0.1) is 0 Å². The van der Waals surface area contributed by atoms with Gasteiger partial charge in [0.15, 0.2) is 18.1 Å². The number of hydrogen-bond acceptors (Lipinski definition) is 12. The van der Waals surface area contributed by atoms with Crippen LogP contribution in [0.5, 0.6) is 0 Å². The van der Waals surface area contributed by atoms with Crippen LogP contribution in [0.25, 0.3) is 0 Å². The summed E-state index contributed by atoms with van der Waals surface area (Å²) in [4.78, 5) is 63.2. The third-order valence-electron chi connectivity index (χ3n) is 6.76. The van der Waals surface area contributed by atoms with E-state index in [4.69, 9.17) is 24.7 Å². The van der Waals surface area contributed by atoms with Gasteiger partial charge in [-0.05, 0) is 25.3 Å². The molecule has 40 heavy (non-hydrogen) atoms. The molecule has 0 aliphatic carbocycles. The van der Waals surface area contributed by atoms with E-state index < -0.39 is 84.0 Å². The molecule has 3 aliphatic heterocycles. The van der Waals surface area contributed by atoms with E-state index in [0.717, 1.165) is 29.3 Å². The molecule has 17 nitrogen and oxygen atoms in total. The molecule has 2 saturated heterocycles. The van der Waals surface area contributed by atoms with Crippen molar-refractivity contribution in [3.63, 3.8) is 0 Å². The van der Waals surface area contributed by atoms with E-state index in [1.54, 1.807) is 0 Å². The summed E-state index contributed by atoms with van der Waals surface area (Å²) < 4.78 is 22.9. The second kappa shape index (κ2) is 12.3. The molecule has 8 N–H and O–H groups in total. The number of aliphatic hydroxyl groups excluding tert-OH is 3. The van der Waals surface area contributed by atoms with Crippen LogP contribution in [0.1, 0.15) is 25.5 Å². The minimum absolute atomic E-state index is 0.374. The summed E-state index contributed by atoms with van der Waals surface area (Å²) in [6.45, 7) is 0.470. The second-order valence-electron chi connectivity index (χ2n) is 9.47. The zero-order valence-corrected chi connectivity index (χ0v) is 21.3. The Morgan fingerprint density at radius 2 is 1.95 bits per heavy atom. The van der Waals surface area contributed by atoms with Gasteiger partial charge in [0.1, 0.15) is 36.6 Å². The van der Waals surface area contributed by atoms with Crippen molar-refractivity contribution in [2.24, 2.45) is 5.73 Å². The van der Waals surface area contributed by atoms with Crippen LogP contribution >= 0.6 is 0 Å². The molecule has 0 bridgehead atoms. The molecule has 17 heteroatoms. The molecule has 4 heterocycles. The summed E-state index contributed by atoms with van der Waals surface area (Å²) in [5, 5.41) is 36.8. The van der Waals surface area contributed by atoms with E-state index in [9.17, 15) is 39.3 Å². The van der Waals surface area contributed by atoms with Gasteiger partial charge in [-0.3, -0.25) is 28.7 Å². The normalized spacial score (nSPS) is 33.2. The van der Waals surface area contributed by atoms with Gasteiger partial charge in [-0.2, -0.15) is 0 Å². The number of aliphatic hydroxyl groups is 3. The Balaban J connectivity index is 1.52. The first-order valence-corrected chi connectivity index (χ1v) is 12.5. The lowest BCUT2D eigenvalue weighted by atomic mass is 10.0. The number of primary amides is 1. The lowest BCUT2D eigenvalue weighted by Gasteiger charge is -2.35. The van der Waals surface area contributed by atoms with Crippen LogP contribution in [0.15, 0.2) is 33.7 Å². The number of carbonyl (C=O) groups excluding carboxylic acids is 3. The SMILES string of the molecule is CO[C@@H]1C([C@@H](O[C@H]2OC(C(=O)N[C@H]3CCCCNC3=O)=C[C@H](O)[C@@H]2O)C(N)=O)O[C@@H](n2ccc(=O)[nH]c2=O)[C@@H]1O. The van der Waals surface area contributed by atoms with Crippen LogP contribution in [0.4, 0.5) is 0 Å². The second-order valence-corrected chi connectivity index (χ2v) is 9.47. The fourth-order valence-electron chi connectivity index (χ4n) is 4.69. The van der Waals surface area contributed by atoms with E-state index in [2.05, 4.69) is 10.6 Å². The van der Waals surface area contributed by atoms with Crippen molar-refractivity contribution in [1.82, 2.24) is 20.2 Å². The minimum Gasteiger partial charge on any atom is -0.456 e. The standard InChI is InChI=1S/C23H31N5O12/c1-37-15-14(32)21(28-7-5-12(30)27-23(28)36)39-16(15)17(18(24)33)40-22-13(31)10(29)8-11(38-22)20(35)26-9-4-2-3-6-25-19(9)34/h5,7-10,13-17,21-22,29,31-32H,2-4,6H2,1H3,(H2,24,33)(H,25,34)(H,26,35)(H,27,30,36)/t9-,10-,13-,14+,15-,16?,17+,21+,22+/m0/s1. The molecule has 9 atom stereocenters. The fourth-order valence-corrected chi connectivity index (χ4v) is 4.69. The zero-order chi connectivity index (χ0) is 29.1. The lowest BCUT2D eigenvalue weighted by Crippen LogP contribution is -2.54. The highest BCUT2D eigenvalue weighted by Crippen LogP contribution is 2.34. The molecule has 0 spiro atoms. The maximum atomic E-state index is 12.8. The number of rotatable bonds is 8. The maximum absolute atomic E-state index is 12.8. The van der Waals surface area contributed by atoms with Crippen LogP contribution < -0.4 is 27.6 Å². The molecule has 1 aromatic rings. The van der Waals surface area contributed by atoms with Crippen LogP contribution in [0.2, 0.25) is 0 Å². The Kier molecular flexibility index (Phi) is 9.02. The zero-order valence-electron chi connectivity index (χ0n) is 21.3. The first-order valence-electron chi connectivity index (χ1n) is 12.5. The average Bonchev–Trinajstić information content (AvgIpc) is 3.08. The fraction of sp³-hybridized carbons (Fsp3) is 0.609. The molecule has 2 fully saturated rings. The lowest BCUT2D eigenvalue weighted by molar-refractivity contribution is -0.241. The van der Waals surface area contributed by atoms with E-state index in [0.29, 0.717) is 19.4 Å². The number of aromatic amines is 1. The summed E-state index contributed by atoms with van der Waals surface area (Å²) in [5.74, 6) is -2.91. The Bertz CT molecular complexity index is 1260. The number of ether oxygens (including phenoxy) is 4. The molecule has 3 amide bonds. The first-order chi connectivity index (χ1) is 19.0. The van der Waals surface area contributed by atoms with E-state index in [1.807, 2.05) is 4.98 Å². The van der Waals surface area contributed by atoms with Gasteiger partial charge in [-0.15, -0.1) is 0 Å². The van der Waals surface area contributed by atoms with Gasteiger partial charge in [-0.1, -0.05) is 0 Å². The number of aromatic nitrogens is 2. The third-order valence-corrected chi connectivity index (χ3v) is 6.76. The highest BCUT2D eigenvalue weighted by atomic mass is 16.7. The molecule has 1 unspecified atom stereocenters. The molecule has 0 aromatic carbocycles. The number of nitrogens with one attached hydrogen (secondary N) is 3. The summed E-state index contributed by atoms with van der Waals surface area (Å²) in [7, 11) is 1.19. The Morgan fingerprint density at radius 3 is 2.62 bits per heavy atom. The molecule has 3 aliphatic rings. The summed E-state index contributed by atoms with van der Waals surface area (Å²) >= 11 is 0. The summed E-state index contributed by atoms with van der Waals surface area (Å²) in [6, 6.07) is 0.158. The van der Waals surface area contributed by atoms with Crippen LogP contribution in [0.3, 0.4) is 0 Å². The molecule has 0 saturated carbocycles. The minimum atomic E-state index is -1.84. The Hall–Kier alpha value is -3.61. The Labute approximate surface area is 225 Å². The number of nitrogens with two attached hydrogens (primary N) is 1. The molecule has 1 aromatic heterocycles. The Morgan fingerprint density at radius 1 is 1.20 bits per heavy atom. The van der Waals surface area contributed by atoms with Crippen LogP contribution in [-0.2, 0) is 33.3 Å². The number of H-pyrrole nitrogens is 1. The molecule has 0 radical (unpaired) electrons. The van der Waals surface area contributed by atoms with Crippen LogP contribution in [-0.4, -0.2) is 105 Å². The summed E-state index contributed by atoms with van der Waals surface area (Å²) in [5.41, 5.74) is 3.91. The predicted octanol–water partition coefficient (Wildman–Crippen LogP) is -4.57. The number of methoxy groups -OCH3 is 1. The van der Waals surface area contributed by atoms with Crippen molar-refractivity contribution in [2.45, 2.75) is 74.4 Å². The van der Waals surface area contributed by atoms with Gasteiger partial charge < -0.3 is 50.6 Å². The monoisotopic (exact) mass is 569 g/mol. The third kappa shape index (κ3) is 6.08. The highest BCUT2D eigenvalue weighted by molar-refractivity contribution is 5.95. The van der Waals surface area contributed by atoms with Crippen molar-refractivity contribution in [3.05, 3.63) is 44.9 Å². The highest BCUT2D eigenvalue weighted by Gasteiger charge is 2.52. The topological polar surface area (TPSA) is 254 Å². The van der Waals surface area contributed by atoms with Gasteiger partial charge in [0.25, 0.3) is 11.5 Å². The molecule has 4 rings (SSSR count). The average molecular weight is 570 g/mol. The van der Waals surface area contributed by atoms with E-state index >= 15 is 0 Å². The molecular weight excluding hydrogens is 538 g/mol. The number of nitrogens with zero attached hydrogens (tertiary/aromatic N) is 1. The molecular formula is C23H31N5O12. The number of hydrogen-bond donors (Lipinski definition) is 7. The van der Waals surface area contributed by atoms with Gasteiger partial charge in [-0.25, -0.2) is 4.79 Å². The predicted molar refractivity (Wildman–Crippen MR) is 130 cm³/mol. The van der Waals surface area contributed by atoms with Gasteiger partial charge in [0.05, 0.1) is 0 Å². The van der Waals surface area contributed by atoms with Crippen molar-refractivity contribution < 1.29 is 48.7 Å². The first kappa shape index (κ1) is 29.4. The summed E-state index contributed by atoms with van der Waals surface area (Å²) in [6.07, 6.45) is -9.13. The maximum Gasteiger partial charge on any atom is 0.330 e. The van der Waals surface area contributed by atoms with Crippen molar-refractivity contribution in [1.29, 1.82) is 0 Å². The van der Waals surface area contributed by atoms with Gasteiger partial charge in [0.2, 0.25) is 18.1 Å². The molecule has 220 valence electrons. The quantitative estimate of drug-likeness (QED) is 0.156. The number of carbonyl (C=O) groups is 3. The van der Waals surface area contributed by atoms with Crippen molar-refractivity contribution in [3.8, 4) is 0 Å². The smallest absolute Gasteiger partial charge is 0.330 e. The van der Waals surface area contributed by atoms with Crippen molar-refractivity contribution in [2.75, 3.05) is 13.7 Å². The van der Waals surface area contributed by atoms with Crippen molar-refractivity contribution >= 4 is 17.7 Å². The van der Waals surface area contributed by atoms with E-state index in [-0.39, 0.29) is 5.91 Å². The largest absolute Gasteiger partial charge is 0.456 e. The van der Waals surface area contributed by atoms with Gasteiger partial charge >= 0.3 is 5.69 Å².